The highest BCUT2D eigenvalue weighted by molar-refractivity contribution is 5.93. The average molecular weight is 320 g/mol. The standard InChI is InChI=1S/C19H20N4O/c24-18(16-9-14-3-6-17(16)19(14)7-8-19)22-15-4-1-13(2-5-15)10-23-12-20-11-21-23/h1-6,11-12,14,16-17H,7-10H2,(H,22,24)/t14-,16+,17-/m1/s1. The van der Waals surface area contributed by atoms with E-state index in [9.17, 15) is 4.79 Å². The van der Waals surface area contributed by atoms with Gasteiger partial charge in [0, 0.05) is 11.6 Å². The summed E-state index contributed by atoms with van der Waals surface area (Å²) in [6.45, 7) is 0.688. The Labute approximate surface area is 140 Å². The van der Waals surface area contributed by atoms with Crippen molar-refractivity contribution >= 4 is 11.6 Å². The molecule has 1 aromatic heterocycles. The van der Waals surface area contributed by atoms with Gasteiger partial charge >= 0.3 is 0 Å². The number of rotatable bonds is 4. The van der Waals surface area contributed by atoms with E-state index in [2.05, 4.69) is 27.6 Å². The molecular weight excluding hydrogens is 300 g/mol. The van der Waals surface area contributed by atoms with Crippen molar-refractivity contribution in [3.05, 3.63) is 54.6 Å². The smallest absolute Gasteiger partial charge is 0.228 e. The zero-order chi connectivity index (χ0) is 16.1. The molecule has 5 nitrogen and oxygen atoms in total. The van der Waals surface area contributed by atoms with E-state index in [4.69, 9.17) is 0 Å². The largest absolute Gasteiger partial charge is 0.326 e. The van der Waals surface area contributed by atoms with Gasteiger partial charge in [0.2, 0.25) is 5.91 Å². The van der Waals surface area contributed by atoms with Crippen LogP contribution in [0.3, 0.4) is 0 Å². The maximum atomic E-state index is 12.7. The van der Waals surface area contributed by atoms with E-state index in [0.717, 1.165) is 17.7 Å². The molecule has 0 saturated heterocycles. The van der Waals surface area contributed by atoms with Crippen LogP contribution in [0.1, 0.15) is 24.8 Å². The Morgan fingerprint density at radius 1 is 1.25 bits per heavy atom. The summed E-state index contributed by atoms with van der Waals surface area (Å²) in [5.41, 5.74) is 2.47. The van der Waals surface area contributed by atoms with Crippen molar-refractivity contribution in [2.45, 2.75) is 25.8 Å². The first-order chi connectivity index (χ1) is 11.7. The van der Waals surface area contributed by atoms with Gasteiger partial charge in [0.05, 0.1) is 6.54 Å². The third kappa shape index (κ3) is 2.11. The molecule has 3 aliphatic rings. The predicted molar refractivity (Wildman–Crippen MR) is 90.1 cm³/mol. The third-order valence-electron chi connectivity index (χ3n) is 6.09. The molecule has 2 aromatic rings. The molecule has 2 bridgehead atoms. The summed E-state index contributed by atoms with van der Waals surface area (Å²) in [4.78, 5) is 16.6. The number of hydrogen-bond acceptors (Lipinski definition) is 3. The molecule has 0 aliphatic heterocycles. The van der Waals surface area contributed by atoms with Crippen LogP contribution in [0.4, 0.5) is 5.69 Å². The number of aromatic nitrogens is 3. The molecule has 122 valence electrons. The number of carbonyl (C=O) groups excluding carboxylic acids is 1. The van der Waals surface area contributed by atoms with Gasteiger partial charge in [-0.15, -0.1) is 0 Å². The average Bonchev–Trinajstić information content (AvgIpc) is 2.95. The molecule has 5 rings (SSSR count). The lowest BCUT2D eigenvalue weighted by Crippen LogP contribution is -2.27. The van der Waals surface area contributed by atoms with Gasteiger partial charge in [-0.05, 0) is 54.2 Å². The van der Waals surface area contributed by atoms with Crippen LogP contribution in [-0.2, 0) is 11.3 Å². The Balaban J connectivity index is 1.25. The van der Waals surface area contributed by atoms with E-state index < -0.39 is 0 Å². The van der Waals surface area contributed by atoms with Gasteiger partial charge in [0.1, 0.15) is 12.7 Å². The van der Waals surface area contributed by atoms with E-state index in [1.54, 1.807) is 11.0 Å². The minimum atomic E-state index is 0.150. The maximum absolute atomic E-state index is 12.7. The lowest BCUT2D eigenvalue weighted by Gasteiger charge is -2.19. The van der Waals surface area contributed by atoms with Crippen molar-refractivity contribution < 1.29 is 4.79 Å². The number of nitrogens with one attached hydrogen (secondary N) is 1. The van der Waals surface area contributed by atoms with Crippen LogP contribution in [0.2, 0.25) is 0 Å². The number of allylic oxidation sites excluding steroid dienone is 2. The van der Waals surface area contributed by atoms with Crippen LogP contribution in [0.25, 0.3) is 0 Å². The van der Waals surface area contributed by atoms with Crippen molar-refractivity contribution in [3.8, 4) is 0 Å². The molecule has 1 N–H and O–H groups in total. The summed E-state index contributed by atoms with van der Waals surface area (Å²) in [5.74, 6) is 1.44. The summed E-state index contributed by atoms with van der Waals surface area (Å²) >= 11 is 0. The quantitative estimate of drug-likeness (QED) is 0.881. The summed E-state index contributed by atoms with van der Waals surface area (Å²) in [7, 11) is 0. The zero-order valence-corrected chi connectivity index (χ0v) is 13.4. The second kappa shape index (κ2) is 5.03. The Morgan fingerprint density at radius 3 is 2.75 bits per heavy atom. The van der Waals surface area contributed by atoms with Crippen LogP contribution in [0.5, 0.6) is 0 Å². The van der Waals surface area contributed by atoms with Gasteiger partial charge in [0.25, 0.3) is 0 Å². The first-order valence-corrected chi connectivity index (χ1v) is 8.65. The van der Waals surface area contributed by atoms with Gasteiger partial charge in [-0.2, -0.15) is 5.10 Å². The van der Waals surface area contributed by atoms with Crippen molar-refractivity contribution in [2.75, 3.05) is 5.32 Å². The molecule has 24 heavy (non-hydrogen) atoms. The van der Waals surface area contributed by atoms with E-state index in [-0.39, 0.29) is 11.8 Å². The molecule has 0 radical (unpaired) electrons. The van der Waals surface area contributed by atoms with Crippen LogP contribution >= 0.6 is 0 Å². The molecule has 1 aromatic carbocycles. The molecule has 2 fully saturated rings. The normalized spacial score (nSPS) is 28.4. The van der Waals surface area contributed by atoms with Crippen LogP contribution in [0.15, 0.2) is 49.1 Å². The summed E-state index contributed by atoms with van der Waals surface area (Å²) in [6.07, 6.45) is 11.5. The minimum absolute atomic E-state index is 0.150. The molecule has 3 atom stereocenters. The number of hydrogen-bond donors (Lipinski definition) is 1. The molecule has 5 heteroatoms. The highest BCUT2D eigenvalue weighted by Crippen LogP contribution is 2.70. The zero-order valence-electron chi connectivity index (χ0n) is 13.4. The number of anilines is 1. The molecule has 1 spiro atoms. The van der Waals surface area contributed by atoms with Gasteiger partial charge in [0.15, 0.2) is 0 Å². The predicted octanol–water partition coefficient (Wildman–Crippen LogP) is 2.87. The van der Waals surface area contributed by atoms with E-state index in [0.29, 0.717) is 23.8 Å². The number of nitrogens with zero attached hydrogens (tertiary/aromatic N) is 3. The van der Waals surface area contributed by atoms with Crippen molar-refractivity contribution in [2.24, 2.45) is 23.2 Å². The topological polar surface area (TPSA) is 59.8 Å². The van der Waals surface area contributed by atoms with Crippen molar-refractivity contribution in [3.63, 3.8) is 0 Å². The summed E-state index contributed by atoms with van der Waals surface area (Å²) in [5, 5.41) is 7.22. The van der Waals surface area contributed by atoms with Crippen molar-refractivity contribution in [1.29, 1.82) is 0 Å². The summed E-state index contributed by atoms with van der Waals surface area (Å²) < 4.78 is 1.78. The lowest BCUT2D eigenvalue weighted by atomic mass is 9.88. The molecule has 3 aliphatic carbocycles. The molecule has 1 heterocycles. The Kier molecular flexibility index (Phi) is 2.93. The van der Waals surface area contributed by atoms with E-state index in [1.165, 1.54) is 19.2 Å². The van der Waals surface area contributed by atoms with E-state index in [1.807, 2.05) is 24.3 Å². The number of amides is 1. The Hall–Kier alpha value is -2.43. The molecule has 0 unspecified atom stereocenters. The number of carbonyl (C=O) groups is 1. The number of benzene rings is 1. The van der Waals surface area contributed by atoms with Crippen LogP contribution in [0, 0.1) is 23.2 Å². The third-order valence-corrected chi connectivity index (χ3v) is 6.09. The molecular formula is C19H20N4O. The second-order valence-corrected chi connectivity index (χ2v) is 7.37. The first kappa shape index (κ1) is 14.0. The van der Waals surface area contributed by atoms with Gasteiger partial charge in [-0.25, -0.2) is 9.67 Å². The van der Waals surface area contributed by atoms with Gasteiger partial charge in [-0.3, -0.25) is 4.79 Å². The first-order valence-electron chi connectivity index (χ1n) is 8.65. The van der Waals surface area contributed by atoms with Gasteiger partial charge in [-0.1, -0.05) is 24.3 Å². The lowest BCUT2D eigenvalue weighted by molar-refractivity contribution is -0.120. The van der Waals surface area contributed by atoms with E-state index >= 15 is 0 Å². The van der Waals surface area contributed by atoms with Crippen molar-refractivity contribution in [1.82, 2.24) is 14.8 Å². The Bertz CT molecular complexity index is 789. The van der Waals surface area contributed by atoms with Crippen LogP contribution < -0.4 is 5.32 Å². The fourth-order valence-corrected chi connectivity index (χ4v) is 4.70. The highest BCUT2D eigenvalue weighted by atomic mass is 16.1. The van der Waals surface area contributed by atoms with Gasteiger partial charge < -0.3 is 5.32 Å². The minimum Gasteiger partial charge on any atom is -0.326 e. The fourth-order valence-electron chi connectivity index (χ4n) is 4.70. The molecule has 1 amide bonds. The molecule has 2 saturated carbocycles. The monoisotopic (exact) mass is 320 g/mol. The van der Waals surface area contributed by atoms with Crippen LogP contribution in [-0.4, -0.2) is 20.7 Å². The second-order valence-electron chi connectivity index (χ2n) is 7.37. The Morgan fingerprint density at radius 2 is 2.08 bits per heavy atom. The maximum Gasteiger partial charge on any atom is 0.228 e. The highest BCUT2D eigenvalue weighted by Gasteiger charge is 2.63. The SMILES string of the molecule is O=C(Nc1ccc(Cn2cncn2)cc1)[C@H]1C[C@H]2C=C[C@H]1C21CC1. The fraction of sp³-hybridized carbons (Fsp3) is 0.421. The summed E-state index contributed by atoms with van der Waals surface area (Å²) in [6, 6.07) is 8.00.